The highest BCUT2D eigenvalue weighted by molar-refractivity contribution is 7.99. The first-order chi connectivity index (χ1) is 11.6. The summed E-state index contributed by atoms with van der Waals surface area (Å²) in [6, 6.07) is 18.7. The summed E-state index contributed by atoms with van der Waals surface area (Å²) in [5.41, 5.74) is 2.65. The molecule has 1 aliphatic rings. The Labute approximate surface area is 148 Å². The molecule has 0 fully saturated rings. The van der Waals surface area contributed by atoms with Crippen molar-refractivity contribution in [3.05, 3.63) is 65.7 Å². The molecule has 0 saturated heterocycles. The Morgan fingerprint density at radius 3 is 2.54 bits per heavy atom. The molecular formula is C20H24N2OS. The fourth-order valence-electron chi connectivity index (χ4n) is 3.11. The lowest BCUT2D eigenvalue weighted by atomic mass is 9.94. The van der Waals surface area contributed by atoms with E-state index in [0.717, 1.165) is 25.3 Å². The van der Waals surface area contributed by atoms with E-state index in [-0.39, 0.29) is 11.9 Å². The molecule has 4 heteroatoms. The van der Waals surface area contributed by atoms with Crippen molar-refractivity contribution in [1.82, 2.24) is 9.80 Å². The van der Waals surface area contributed by atoms with Crippen molar-refractivity contribution in [2.24, 2.45) is 0 Å². The molecule has 0 unspecified atom stereocenters. The van der Waals surface area contributed by atoms with Crippen LogP contribution in [0.2, 0.25) is 0 Å². The zero-order valence-corrected chi connectivity index (χ0v) is 15.1. The summed E-state index contributed by atoms with van der Waals surface area (Å²) in [6.07, 6.45) is 0.807. The zero-order chi connectivity index (χ0) is 16.9. The SMILES string of the molecule is CN(CCSc1ccccc1)C(=O)[C@H]1Cc2ccccc2CN1C. The van der Waals surface area contributed by atoms with Crippen LogP contribution in [0, 0.1) is 0 Å². The van der Waals surface area contributed by atoms with E-state index in [0.29, 0.717) is 0 Å². The Bertz CT molecular complexity index is 689. The number of hydrogen-bond donors (Lipinski definition) is 0. The van der Waals surface area contributed by atoms with E-state index in [1.54, 1.807) is 11.8 Å². The van der Waals surface area contributed by atoms with Gasteiger partial charge in [0.1, 0.15) is 0 Å². The number of hydrogen-bond acceptors (Lipinski definition) is 3. The minimum absolute atomic E-state index is 0.0494. The second kappa shape index (κ2) is 7.86. The van der Waals surface area contributed by atoms with E-state index < -0.39 is 0 Å². The van der Waals surface area contributed by atoms with Crippen LogP contribution in [0.25, 0.3) is 0 Å². The van der Waals surface area contributed by atoms with Crippen molar-refractivity contribution in [1.29, 1.82) is 0 Å². The summed E-state index contributed by atoms with van der Waals surface area (Å²) in [5, 5.41) is 0. The minimum atomic E-state index is -0.0494. The van der Waals surface area contributed by atoms with Gasteiger partial charge in [-0.25, -0.2) is 0 Å². The maximum Gasteiger partial charge on any atom is 0.240 e. The third-order valence-corrected chi connectivity index (χ3v) is 5.58. The summed E-state index contributed by atoms with van der Waals surface area (Å²) in [6.45, 7) is 1.61. The monoisotopic (exact) mass is 340 g/mol. The van der Waals surface area contributed by atoms with E-state index in [4.69, 9.17) is 0 Å². The summed E-state index contributed by atoms with van der Waals surface area (Å²) >= 11 is 1.79. The Balaban J connectivity index is 1.55. The lowest BCUT2D eigenvalue weighted by Gasteiger charge is -2.35. The van der Waals surface area contributed by atoms with Crippen molar-refractivity contribution < 1.29 is 4.79 Å². The maximum atomic E-state index is 12.8. The molecule has 0 spiro atoms. The zero-order valence-electron chi connectivity index (χ0n) is 14.3. The van der Waals surface area contributed by atoms with Crippen molar-refractivity contribution >= 4 is 17.7 Å². The normalized spacial score (nSPS) is 17.3. The Kier molecular flexibility index (Phi) is 5.59. The molecule has 126 valence electrons. The van der Waals surface area contributed by atoms with Crippen LogP contribution in [0.15, 0.2) is 59.5 Å². The van der Waals surface area contributed by atoms with Gasteiger partial charge in [0.05, 0.1) is 6.04 Å². The van der Waals surface area contributed by atoms with Crippen LogP contribution in [0.4, 0.5) is 0 Å². The van der Waals surface area contributed by atoms with E-state index in [2.05, 4.69) is 41.3 Å². The number of nitrogens with zero attached hydrogens (tertiary/aromatic N) is 2. The van der Waals surface area contributed by atoms with Gasteiger partial charge in [0.25, 0.3) is 0 Å². The lowest BCUT2D eigenvalue weighted by molar-refractivity contribution is -0.135. The van der Waals surface area contributed by atoms with Gasteiger partial charge in [0.15, 0.2) is 0 Å². The number of rotatable bonds is 5. The Hall–Kier alpha value is -1.78. The van der Waals surface area contributed by atoms with E-state index in [1.165, 1.54) is 16.0 Å². The molecule has 0 saturated carbocycles. The summed E-state index contributed by atoms with van der Waals surface area (Å²) in [4.78, 5) is 18.1. The van der Waals surface area contributed by atoms with Crippen LogP contribution in [0.3, 0.4) is 0 Å². The molecule has 2 aromatic rings. The molecule has 1 amide bonds. The van der Waals surface area contributed by atoms with Crippen LogP contribution in [0.1, 0.15) is 11.1 Å². The molecule has 0 bridgehead atoms. The second-order valence-electron chi connectivity index (χ2n) is 6.33. The van der Waals surface area contributed by atoms with E-state index in [1.807, 2.05) is 37.2 Å². The maximum absolute atomic E-state index is 12.8. The number of benzene rings is 2. The van der Waals surface area contributed by atoms with Gasteiger partial charge in [-0.15, -0.1) is 11.8 Å². The minimum Gasteiger partial charge on any atom is -0.344 e. The van der Waals surface area contributed by atoms with Crippen LogP contribution in [-0.2, 0) is 17.8 Å². The number of fused-ring (bicyclic) bond motifs is 1. The van der Waals surface area contributed by atoms with Crippen molar-refractivity contribution in [2.45, 2.75) is 23.9 Å². The number of amides is 1. The first-order valence-corrected chi connectivity index (χ1v) is 9.33. The molecule has 0 radical (unpaired) electrons. The van der Waals surface area contributed by atoms with Crippen LogP contribution in [-0.4, -0.2) is 48.1 Å². The summed E-state index contributed by atoms with van der Waals surface area (Å²) < 4.78 is 0. The second-order valence-corrected chi connectivity index (χ2v) is 7.49. The average Bonchev–Trinajstić information content (AvgIpc) is 2.61. The highest BCUT2D eigenvalue weighted by Crippen LogP contribution is 2.23. The third-order valence-electron chi connectivity index (χ3n) is 4.58. The van der Waals surface area contributed by atoms with Gasteiger partial charge in [-0.1, -0.05) is 42.5 Å². The van der Waals surface area contributed by atoms with Crippen LogP contribution < -0.4 is 0 Å². The third kappa shape index (κ3) is 4.00. The number of likely N-dealkylation sites (N-methyl/N-ethyl adjacent to an activating group) is 2. The van der Waals surface area contributed by atoms with Crippen molar-refractivity contribution in [2.75, 3.05) is 26.4 Å². The number of thioether (sulfide) groups is 1. The molecule has 3 nitrogen and oxygen atoms in total. The van der Waals surface area contributed by atoms with Crippen molar-refractivity contribution in [3.8, 4) is 0 Å². The molecule has 1 aliphatic heterocycles. The van der Waals surface area contributed by atoms with E-state index >= 15 is 0 Å². The summed E-state index contributed by atoms with van der Waals surface area (Å²) in [7, 11) is 3.97. The quantitative estimate of drug-likeness (QED) is 0.780. The van der Waals surface area contributed by atoms with Crippen molar-refractivity contribution in [3.63, 3.8) is 0 Å². The fourth-order valence-corrected chi connectivity index (χ4v) is 4.06. The average molecular weight is 340 g/mol. The van der Waals surface area contributed by atoms with Gasteiger partial charge in [-0.3, -0.25) is 9.69 Å². The molecule has 3 rings (SSSR count). The molecule has 1 atom stereocenters. The molecule has 0 N–H and O–H groups in total. The highest BCUT2D eigenvalue weighted by Gasteiger charge is 2.30. The topological polar surface area (TPSA) is 23.6 Å². The molecule has 2 aromatic carbocycles. The molecule has 0 aliphatic carbocycles. The molecule has 24 heavy (non-hydrogen) atoms. The van der Waals surface area contributed by atoms with Gasteiger partial charge in [-0.2, -0.15) is 0 Å². The van der Waals surface area contributed by atoms with Gasteiger partial charge in [0, 0.05) is 30.8 Å². The van der Waals surface area contributed by atoms with Gasteiger partial charge in [0.2, 0.25) is 5.91 Å². The number of carbonyl (C=O) groups excluding carboxylic acids is 1. The number of carbonyl (C=O) groups is 1. The fraction of sp³-hybridized carbons (Fsp3) is 0.350. The predicted molar refractivity (Wildman–Crippen MR) is 100 cm³/mol. The molecule has 1 heterocycles. The Morgan fingerprint density at radius 2 is 1.79 bits per heavy atom. The highest BCUT2D eigenvalue weighted by atomic mass is 32.2. The van der Waals surface area contributed by atoms with E-state index in [9.17, 15) is 4.79 Å². The standard InChI is InChI=1S/C20H24N2OS/c1-21(12-13-24-18-10-4-3-5-11-18)20(23)19-14-16-8-6-7-9-17(16)15-22(19)2/h3-11,19H,12-15H2,1-2H3/t19-/m1/s1. The van der Waals surface area contributed by atoms with Crippen LogP contribution in [0.5, 0.6) is 0 Å². The summed E-state index contributed by atoms with van der Waals surface area (Å²) in [5.74, 6) is 1.14. The molecule has 0 aromatic heterocycles. The lowest BCUT2D eigenvalue weighted by Crippen LogP contribution is -2.49. The molecular weight excluding hydrogens is 316 g/mol. The van der Waals surface area contributed by atoms with Gasteiger partial charge in [-0.05, 0) is 36.7 Å². The smallest absolute Gasteiger partial charge is 0.240 e. The first kappa shape index (κ1) is 17.1. The largest absolute Gasteiger partial charge is 0.344 e. The Morgan fingerprint density at radius 1 is 1.12 bits per heavy atom. The van der Waals surface area contributed by atoms with Gasteiger partial charge < -0.3 is 4.90 Å². The predicted octanol–water partition coefficient (Wildman–Crippen LogP) is 3.29. The first-order valence-electron chi connectivity index (χ1n) is 8.35. The van der Waals surface area contributed by atoms with Crippen LogP contribution >= 0.6 is 11.8 Å². The van der Waals surface area contributed by atoms with Gasteiger partial charge >= 0.3 is 0 Å².